The standard InChI is InChI=1S/C12H17BrN2/c1-10-9-14(2)7-8-15(10)12-5-3-11(13)4-6-12/h3-6,10H,7-9H2,1-2H3/t10-/m0/s1. The monoisotopic (exact) mass is 268 g/mol. The minimum atomic E-state index is 0.602. The second-order valence-corrected chi connectivity index (χ2v) is 5.20. The Kier molecular flexibility index (Phi) is 3.32. The van der Waals surface area contributed by atoms with E-state index in [1.807, 2.05) is 0 Å². The Morgan fingerprint density at radius 2 is 1.87 bits per heavy atom. The van der Waals surface area contributed by atoms with Gasteiger partial charge in [-0.25, -0.2) is 0 Å². The molecule has 0 aromatic heterocycles. The zero-order valence-corrected chi connectivity index (χ0v) is 10.9. The first-order valence-corrected chi connectivity index (χ1v) is 6.17. The summed E-state index contributed by atoms with van der Waals surface area (Å²) in [6, 6.07) is 9.20. The minimum absolute atomic E-state index is 0.602. The van der Waals surface area contributed by atoms with E-state index in [4.69, 9.17) is 0 Å². The van der Waals surface area contributed by atoms with Gasteiger partial charge in [-0.05, 0) is 38.2 Å². The fourth-order valence-corrected chi connectivity index (χ4v) is 2.42. The molecule has 1 aromatic carbocycles. The molecule has 1 aliphatic heterocycles. The first-order chi connectivity index (χ1) is 7.16. The molecule has 1 saturated heterocycles. The van der Waals surface area contributed by atoms with Crippen molar-refractivity contribution in [3.05, 3.63) is 28.7 Å². The molecule has 1 aromatic rings. The van der Waals surface area contributed by atoms with Crippen molar-refractivity contribution in [1.29, 1.82) is 0 Å². The Morgan fingerprint density at radius 3 is 2.47 bits per heavy atom. The van der Waals surface area contributed by atoms with Crippen LogP contribution < -0.4 is 4.90 Å². The Bertz CT molecular complexity index is 323. The van der Waals surface area contributed by atoms with E-state index in [1.54, 1.807) is 0 Å². The van der Waals surface area contributed by atoms with E-state index in [1.165, 1.54) is 5.69 Å². The summed E-state index contributed by atoms with van der Waals surface area (Å²) >= 11 is 3.47. The highest BCUT2D eigenvalue weighted by Gasteiger charge is 2.21. The van der Waals surface area contributed by atoms with Crippen LogP contribution in [0.15, 0.2) is 28.7 Å². The number of benzene rings is 1. The van der Waals surface area contributed by atoms with Gasteiger partial charge in [0.05, 0.1) is 0 Å². The zero-order valence-electron chi connectivity index (χ0n) is 9.28. The lowest BCUT2D eigenvalue weighted by molar-refractivity contribution is 0.275. The highest BCUT2D eigenvalue weighted by Crippen LogP contribution is 2.22. The van der Waals surface area contributed by atoms with E-state index >= 15 is 0 Å². The van der Waals surface area contributed by atoms with Crippen molar-refractivity contribution in [1.82, 2.24) is 4.90 Å². The molecule has 2 nitrogen and oxygen atoms in total. The summed E-state index contributed by atoms with van der Waals surface area (Å²) in [5.41, 5.74) is 1.33. The predicted octanol–water partition coefficient (Wildman–Crippen LogP) is 2.59. The number of piperazine rings is 1. The number of hydrogen-bond donors (Lipinski definition) is 0. The molecule has 0 N–H and O–H groups in total. The average Bonchev–Trinajstić information content (AvgIpc) is 2.20. The lowest BCUT2D eigenvalue weighted by Crippen LogP contribution is -2.50. The maximum Gasteiger partial charge on any atom is 0.0389 e. The normalized spacial score (nSPS) is 23.1. The third-order valence-electron chi connectivity index (χ3n) is 2.99. The maximum atomic E-state index is 3.47. The lowest BCUT2D eigenvalue weighted by Gasteiger charge is -2.39. The van der Waals surface area contributed by atoms with Gasteiger partial charge in [0.1, 0.15) is 0 Å². The number of likely N-dealkylation sites (N-methyl/N-ethyl adjacent to an activating group) is 1. The maximum absolute atomic E-state index is 3.47. The van der Waals surface area contributed by atoms with Crippen LogP contribution in [0.1, 0.15) is 6.92 Å². The van der Waals surface area contributed by atoms with Gasteiger partial charge in [0.2, 0.25) is 0 Å². The van der Waals surface area contributed by atoms with Crippen LogP contribution in [0, 0.1) is 0 Å². The van der Waals surface area contributed by atoms with Crippen molar-refractivity contribution in [2.75, 3.05) is 31.6 Å². The average molecular weight is 269 g/mol. The number of anilines is 1. The first kappa shape index (κ1) is 11.0. The van der Waals surface area contributed by atoms with Crippen molar-refractivity contribution in [3.8, 4) is 0 Å². The first-order valence-electron chi connectivity index (χ1n) is 5.37. The quantitative estimate of drug-likeness (QED) is 0.773. The molecule has 82 valence electrons. The molecule has 0 bridgehead atoms. The summed E-state index contributed by atoms with van der Waals surface area (Å²) in [6.45, 7) is 5.72. The molecule has 3 heteroatoms. The number of hydrogen-bond acceptors (Lipinski definition) is 2. The van der Waals surface area contributed by atoms with E-state index < -0.39 is 0 Å². The molecule has 0 radical (unpaired) electrons. The molecule has 1 aliphatic rings. The highest BCUT2D eigenvalue weighted by atomic mass is 79.9. The van der Waals surface area contributed by atoms with Crippen LogP contribution in [-0.4, -0.2) is 37.6 Å². The Balaban J connectivity index is 2.13. The van der Waals surface area contributed by atoms with Crippen molar-refractivity contribution in [3.63, 3.8) is 0 Å². The summed E-state index contributed by atoms with van der Waals surface area (Å²) in [5, 5.41) is 0. The zero-order chi connectivity index (χ0) is 10.8. The smallest absolute Gasteiger partial charge is 0.0389 e. The molecule has 15 heavy (non-hydrogen) atoms. The molecule has 0 unspecified atom stereocenters. The van der Waals surface area contributed by atoms with Crippen LogP contribution in [0.4, 0.5) is 5.69 Å². The highest BCUT2D eigenvalue weighted by molar-refractivity contribution is 9.10. The lowest BCUT2D eigenvalue weighted by atomic mass is 10.1. The SMILES string of the molecule is C[C@H]1CN(C)CCN1c1ccc(Br)cc1. The molecule has 0 saturated carbocycles. The van der Waals surface area contributed by atoms with Gasteiger partial charge in [-0.15, -0.1) is 0 Å². The minimum Gasteiger partial charge on any atom is -0.366 e. The molecule has 1 atom stereocenters. The Hall–Kier alpha value is -0.540. The van der Waals surface area contributed by atoms with Crippen LogP contribution in [-0.2, 0) is 0 Å². The van der Waals surface area contributed by atoms with E-state index in [0.29, 0.717) is 6.04 Å². The van der Waals surface area contributed by atoms with Crippen LogP contribution in [0.3, 0.4) is 0 Å². The number of nitrogens with zero attached hydrogens (tertiary/aromatic N) is 2. The van der Waals surface area contributed by atoms with E-state index in [-0.39, 0.29) is 0 Å². The molecule has 1 fully saturated rings. The second kappa shape index (κ2) is 4.54. The molecule has 2 rings (SSSR count). The van der Waals surface area contributed by atoms with Gasteiger partial charge in [-0.2, -0.15) is 0 Å². The largest absolute Gasteiger partial charge is 0.366 e. The molecule has 1 heterocycles. The van der Waals surface area contributed by atoms with Gasteiger partial charge in [0, 0.05) is 35.8 Å². The van der Waals surface area contributed by atoms with Crippen LogP contribution >= 0.6 is 15.9 Å². The van der Waals surface area contributed by atoms with Crippen LogP contribution in [0.5, 0.6) is 0 Å². The summed E-state index contributed by atoms with van der Waals surface area (Å²) < 4.78 is 1.15. The molecular weight excluding hydrogens is 252 g/mol. The molecule has 0 aliphatic carbocycles. The molecular formula is C12H17BrN2. The van der Waals surface area contributed by atoms with Crippen molar-refractivity contribution >= 4 is 21.6 Å². The van der Waals surface area contributed by atoms with Gasteiger partial charge in [-0.3, -0.25) is 0 Å². The fourth-order valence-electron chi connectivity index (χ4n) is 2.16. The second-order valence-electron chi connectivity index (χ2n) is 4.28. The molecule has 0 amide bonds. The number of halogens is 1. The Labute approximate surface area is 100 Å². The topological polar surface area (TPSA) is 6.48 Å². The van der Waals surface area contributed by atoms with Gasteiger partial charge in [-0.1, -0.05) is 15.9 Å². The fraction of sp³-hybridized carbons (Fsp3) is 0.500. The third-order valence-corrected chi connectivity index (χ3v) is 3.52. The van der Waals surface area contributed by atoms with Gasteiger partial charge >= 0.3 is 0 Å². The van der Waals surface area contributed by atoms with E-state index in [0.717, 1.165) is 24.1 Å². The van der Waals surface area contributed by atoms with E-state index in [2.05, 4.69) is 64.0 Å². The van der Waals surface area contributed by atoms with Crippen LogP contribution in [0.25, 0.3) is 0 Å². The van der Waals surface area contributed by atoms with Gasteiger partial charge < -0.3 is 9.80 Å². The van der Waals surface area contributed by atoms with Crippen molar-refractivity contribution < 1.29 is 0 Å². The van der Waals surface area contributed by atoms with Crippen LogP contribution in [0.2, 0.25) is 0 Å². The summed E-state index contributed by atoms with van der Waals surface area (Å²) in [5.74, 6) is 0. The van der Waals surface area contributed by atoms with Gasteiger partial charge in [0.15, 0.2) is 0 Å². The Morgan fingerprint density at radius 1 is 1.20 bits per heavy atom. The third kappa shape index (κ3) is 2.52. The van der Waals surface area contributed by atoms with E-state index in [9.17, 15) is 0 Å². The van der Waals surface area contributed by atoms with Crippen molar-refractivity contribution in [2.24, 2.45) is 0 Å². The summed E-state index contributed by atoms with van der Waals surface area (Å²) in [7, 11) is 2.19. The summed E-state index contributed by atoms with van der Waals surface area (Å²) in [6.07, 6.45) is 0. The number of rotatable bonds is 1. The summed E-state index contributed by atoms with van der Waals surface area (Å²) in [4.78, 5) is 4.87. The van der Waals surface area contributed by atoms with Gasteiger partial charge in [0.25, 0.3) is 0 Å². The molecule has 0 spiro atoms. The predicted molar refractivity (Wildman–Crippen MR) is 68.4 cm³/mol. The van der Waals surface area contributed by atoms with Crippen molar-refractivity contribution in [2.45, 2.75) is 13.0 Å².